The van der Waals surface area contributed by atoms with Crippen molar-refractivity contribution in [1.82, 2.24) is 5.32 Å². The fraction of sp³-hybridized carbons (Fsp3) is 0.556. The fourth-order valence-electron chi connectivity index (χ4n) is 2.63. The van der Waals surface area contributed by atoms with Gasteiger partial charge in [-0.1, -0.05) is 32.9 Å². The largest absolute Gasteiger partial charge is 0.355 e. The van der Waals surface area contributed by atoms with Crippen molar-refractivity contribution in [2.45, 2.75) is 51.9 Å². The third-order valence-corrected chi connectivity index (χ3v) is 4.04. The molecule has 0 spiro atoms. The third kappa shape index (κ3) is 3.87. The average Bonchev–Trinajstić information content (AvgIpc) is 3.26. The molecule has 1 saturated carbocycles. The first-order chi connectivity index (χ1) is 10.5. The van der Waals surface area contributed by atoms with Crippen molar-refractivity contribution in [1.29, 1.82) is 0 Å². The molecule has 0 bridgehead atoms. The molecular formula is C18H26N2O2. The van der Waals surface area contributed by atoms with Gasteiger partial charge in [0.15, 0.2) is 0 Å². The molecule has 0 atom stereocenters. The van der Waals surface area contributed by atoms with Crippen LogP contribution in [0.1, 0.15) is 52.0 Å². The topological polar surface area (TPSA) is 58.2 Å². The molecule has 0 radical (unpaired) electrons. The molecule has 1 aromatic carbocycles. The van der Waals surface area contributed by atoms with Crippen LogP contribution in [0.25, 0.3) is 0 Å². The van der Waals surface area contributed by atoms with Crippen LogP contribution in [0.5, 0.6) is 0 Å². The first-order valence-electron chi connectivity index (χ1n) is 8.16. The number of benzene rings is 1. The molecule has 2 amide bonds. The van der Waals surface area contributed by atoms with Gasteiger partial charge >= 0.3 is 0 Å². The Kier molecular flexibility index (Phi) is 5.22. The van der Waals surface area contributed by atoms with E-state index in [4.69, 9.17) is 0 Å². The van der Waals surface area contributed by atoms with Crippen molar-refractivity contribution >= 4 is 17.5 Å². The molecule has 0 aromatic heterocycles. The lowest BCUT2D eigenvalue weighted by molar-refractivity contribution is -0.123. The molecule has 1 aliphatic rings. The molecule has 0 unspecified atom stereocenters. The van der Waals surface area contributed by atoms with Crippen LogP contribution in [0.3, 0.4) is 0 Å². The van der Waals surface area contributed by atoms with E-state index in [1.165, 1.54) is 0 Å². The number of anilines is 1. The summed E-state index contributed by atoms with van der Waals surface area (Å²) in [6.45, 7) is 6.82. The van der Waals surface area contributed by atoms with E-state index in [-0.39, 0.29) is 17.2 Å². The Morgan fingerprint density at radius 1 is 1.18 bits per heavy atom. The highest BCUT2D eigenvalue weighted by Crippen LogP contribution is 2.48. The number of nitrogens with one attached hydrogen (secondary N) is 2. The van der Waals surface area contributed by atoms with Gasteiger partial charge in [0.05, 0.1) is 5.41 Å². The Bertz CT molecular complexity index is 531. The Labute approximate surface area is 132 Å². The summed E-state index contributed by atoms with van der Waals surface area (Å²) in [5.74, 6) is 0.506. The second-order valence-electron chi connectivity index (χ2n) is 6.56. The third-order valence-electron chi connectivity index (χ3n) is 4.04. The maximum atomic E-state index is 12.3. The van der Waals surface area contributed by atoms with E-state index in [0.717, 1.165) is 37.1 Å². The number of hydrogen-bond donors (Lipinski definition) is 2. The summed E-state index contributed by atoms with van der Waals surface area (Å²) in [4.78, 5) is 24.1. The van der Waals surface area contributed by atoms with Crippen LogP contribution >= 0.6 is 0 Å². The van der Waals surface area contributed by atoms with Gasteiger partial charge < -0.3 is 10.6 Å². The van der Waals surface area contributed by atoms with Gasteiger partial charge in [0.2, 0.25) is 11.8 Å². The Hall–Kier alpha value is -1.84. The van der Waals surface area contributed by atoms with Gasteiger partial charge in [-0.2, -0.15) is 0 Å². The van der Waals surface area contributed by atoms with E-state index in [1.54, 1.807) is 0 Å². The minimum absolute atomic E-state index is 0.0320. The second-order valence-corrected chi connectivity index (χ2v) is 6.56. The monoisotopic (exact) mass is 302 g/mol. The molecule has 1 aromatic rings. The SMILES string of the molecule is CCCNC(=O)C1(c2ccc(NC(=O)CC(C)C)cc2)CC1. The van der Waals surface area contributed by atoms with E-state index in [9.17, 15) is 9.59 Å². The first kappa shape index (κ1) is 16.5. The number of hydrogen-bond acceptors (Lipinski definition) is 2. The molecular weight excluding hydrogens is 276 g/mol. The molecule has 22 heavy (non-hydrogen) atoms. The highest BCUT2D eigenvalue weighted by molar-refractivity contribution is 5.92. The molecule has 4 heteroatoms. The first-order valence-corrected chi connectivity index (χ1v) is 8.16. The lowest BCUT2D eigenvalue weighted by Gasteiger charge is -2.16. The number of carbonyl (C=O) groups excluding carboxylic acids is 2. The van der Waals surface area contributed by atoms with Crippen molar-refractivity contribution in [3.63, 3.8) is 0 Å². The highest BCUT2D eigenvalue weighted by atomic mass is 16.2. The van der Waals surface area contributed by atoms with E-state index in [2.05, 4.69) is 17.6 Å². The molecule has 120 valence electrons. The highest BCUT2D eigenvalue weighted by Gasteiger charge is 2.50. The summed E-state index contributed by atoms with van der Waals surface area (Å²) in [7, 11) is 0. The summed E-state index contributed by atoms with van der Waals surface area (Å²) >= 11 is 0. The Balaban J connectivity index is 2.00. The molecule has 2 N–H and O–H groups in total. The normalized spacial score (nSPS) is 15.5. The number of carbonyl (C=O) groups is 2. The van der Waals surface area contributed by atoms with Gasteiger partial charge in [-0.05, 0) is 42.9 Å². The van der Waals surface area contributed by atoms with Crippen LogP contribution in [0.4, 0.5) is 5.69 Å². The molecule has 0 aliphatic heterocycles. The van der Waals surface area contributed by atoms with Crippen molar-refractivity contribution in [2.75, 3.05) is 11.9 Å². The molecule has 2 rings (SSSR count). The van der Waals surface area contributed by atoms with Crippen molar-refractivity contribution < 1.29 is 9.59 Å². The summed E-state index contributed by atoms with van der Waals surface area (Å²) in [5.41, 5.74) is 1.50. The van der Waals surface area contributed by atoms with Crippen molar-refractivity contribution in [2.24, 2.45) is 5.92 Å². The second kappa shape index (κ2) is 6.95. The molecule has 0 saturated heterocycles. The molecule has 0 heterocycles. The molecule has 1 aliphatic carbocycles. The van der Waals surface area contributed by atoms with E-state index in [1.807, 2.05) is 38.1 Å². The van der Waals surface area contributed by atoms with Crippen LogP contribution < -0.4 is 10.6 Å². The zero-order chi connectivity index (χ0) is 16.2. The average molecular weight is 302 g/mol. The molecule has 4 nitrogen and oxygen atoms in total. The Morgan fingerprint density at radius 2 is 1.82 bits per heavy atom. The van der Waals surface area contributed by atoms with Crippen LogP contribution in [0, 0.1) is 5.92 Å². The minimum atomic E-state index is -0.338. The number of rotatable bonds is 7. The fourth-order valence-corrected chi connectivity index (χ4v) is 2.63. The Morgan fingerprint density at radius 3 is 2.32 bits per heavy atom. The lowest BCUT2D eigenvalue weighted by atomic mass is 9.94. The van der Waals surface area contributed by atoms with Gasteiger partial charge in [-0.15, -0.1) is 0 Å². The van der Waals surface area contributed by atoms with Crippen molar-refractivity contribution in [3.8, 4) is 0 Å². The zero-order valence-electron chi connectivity index (χ0n) is 13.7. The van der Waals surface area contributed by atoms with Gasteiger partial charge in [0.1, 0.15) is 0 Å². The van der Waals surface area contributed by atoms with Gasteiger partial charge in [-0.25, -0.2) is 0 Å². The summed E-state index contributed by atoms with van der Waals surface area (Å²) in [6.07, 6.45) is 3.27. The number of amides is 2. The smallest absolute Gasteiger partial charge is 0.230 e. The maximum absolute atomic E-state index is 12.3. The van der Waals surface area contributed by atoms with Crippen molar-refractivity contribution in [3.05, 3.63) is 29.8 Å². The predicted octanol–water partition coefficient (Wildman–Crippen LogP) is 3.23. The minimum Gasteiger partial charge on any atom is -0.355 e. The van der Waals surface area contributed by atoms with Gasteiger partial charge in [0, 0.05) is 18.7 Å². The lowest BCUT2D eigenvalue weighted by Crippen LogP contribution is -2.35. The predicted molar refractivity (Wildman–Crippen MR) is 88.7 cm³/mol. The van der Waals surface area contributed by atoms with Crippen LogP contribution in [0.2, 0.25) is 0 Å². The van der Waals surface area contributed by atoms with Gasteiger partial charge in [0.25, 0.3) is 0 Å². The summed E-state index contributed by atoms with van der Waals surface area (Å²) in [5, 5.41) is 5.89. The summed E-state index contributed by atoms with van der Waals surface area (Å²) in [6, 6.07) is 7.70. The van der Waals surface area contributed by atoms with E-state index in [0.29, 0.717) is 12.3 Å². The molecule has 1 fully saturated rings. The van der Waals surface area contributed by atoms with Crippen LogP contribution in [-0.4, -0.2) is 18.4 Å². The van der Waals surface area contributed by atoms with Crippen LogP contribution in [0.15, 0.2) is 24.3 Å². The van der Waals surface area contributed by atoms with Gasteiger partial charge in [-0.3, -0.25) is 9.59 Å². The quantitative estimate of drug-likeness (QED) is 0.812. The van der Waals surface area contributed by atoms with E-state index < -0.39 is 0 Å². The van der Waals surface area contributed by atoms with Crippen LogP contribution in [-0.2, 0) is 15.0 Å². The zero-order valence-corrected chi connectivity index (χ0v) is 13.7. The summed E-state index contributed by atoms with van der Waals surface area (Å²) < 4.78 is 0. The standard InChI is InChI=1S/C18H26N2O2/c1-4-11-19-17(22)18(9-10-18)14-5-7-15(8-6-14)20-16(21)12-13(2)3/h5-8,13H,4,9-12H2,1-3H3,(H,19,22)(H,20,21). The maximum Gasteiger partial charge on any atom is 0.230 e. The van der Waals surface area contributed by atoms with E-state index >= 15 is 0 Å².